The van der Waals surface area contributed by atoms with Gasteiger partial charge in [0.15, 0.2) is 0 Å². The number of carbonyl (C=O) groups is 2. The predicted molar refractivity (Wildman–Crippen MR) is 52.3 cm³/mol. The number of carboxylic acids is 1. The standard InChI is InChI=1S/C10H10FNO3/c1-2-9(13)12-6-3-4-7(10(14)15)8(11)5-6/h3-5H,2H2,1H3,(H,12,13)(H,14,15). The fraction of sp³-hybridized carbons (Fsp3) is 0.200. The molecule has 0 fully saturated rings. The first-order valence-electron chi connectivity index (χ1n) is 4.37. The molecule has 1 aromatic carbocycles. The number of hydrogen-bond acceptors (Lipinski definition) is 2. The second-order valence-corrected chi connectivity index (χ2v) is 2.90. The maximum atomic E-state index is 13.1. The second-order valence-electron chi connectivity index (χ2n) is 2.90. The van der Waals surface area contributed by atoms with Crippen LogP contribution in [0.5, 0.6) is 0 Å². The van der Waals surface area contributed by atoms with E-state index in [4.69, 9.17) is 5.11 Å². The number of aromatic carboxylic acids is 1. The average molecular weight is 211 g/mol. The van der Waals surface area contributed by atoms with Crippen LogP contribution in [0.3, 0.4) is 0 Å². The van der Waals surface area contributed by atoms with Crippen molar-refractivity contribution >= 4 is 17.6 Å². The molecule has 1 rings (SSSR count). The Bertz CT molecular complexity index is 404. The summed E-state index contributed by atoms with van der Waals surface area (Å²) in [6.07, 6.45) is 0.280. The largest absolute Gasteiger partial charge is 0.478 e. The molecule has 0 aliphatic rings. The third-order valence-corrected chi connectivity index (χ3v) is 1.80. The molecule has 0 aromatic heterocycles. The van der Waals surface area contributed by atoms with Gasteiger partial charge in [-0.25, -0.2) is 9.18 Å². The van der Waals surface area contributed by atoms with Gasteiger partial charge in [0.1, 0.15) is 5.82 Å². The topological polar surface area (TPSA) is 66.4 Å². The van der Waals surface area contributed by atoms with Gasteiger partial charge in [0.05, 0.1) is 5.56 Å². The first-order chi connectivity index (χ1) is 7.04. The molecule has 1 aromatic rings. The first-order valence-corrected chi connectivity index (χ1v) is 4.37. The van der Waals surface area contributed by atoms with Crippen molar-refractivity contribution in [2.24, 2.45) is 0 Å². The summed E-state index contributed by atoms with van der Waals surface area (Å²) in [5.41, 5.74) is -0.158. The fourth-order valence-corrected chi connectivity index (χ4v) is 1.02. The lowest BCUT2D eigenvalue weighted by atomic mass is 10.2. The number of hydrogen-bond donors (Lipinski definition) is 2. The van der Waals surface area contributed by atoms with Crippen LogP contribution in [0.25, 0.3) is 0 Å². The average Bonchev–Trinajstić information content (AvgIpc) is 2.17. The van der Waals surface area contributed by atoms with E-state index >= 15 is 0 Å². The van der Waals surface area contributed by atoms with Crippen molar-refractivity contribution in [3.63, 3.8) is 0 Å². The molecule has 80 valence electrons. The van der Waals surface area contributed by atoms with Crippen LogP contribution in [0.15, 0.2) is 18.2 Å². The summed E-state index contributed by atoms with van der Waals surface area (Å²) >= 11 is 0. The summed E-state index contributed by atoms with van der Waals surface area (Å²) in [7, 11) is 0. The molecule has 0 spiro atoms. The number of carboxylic acid groups (broad SMARTS) is 1. The van der Waals surface area contributed by atoms with Gasteiger partial charge in [0.2, 0.25) is 5.91 Å². The Morgan fingerprint density at radius 3 is 2.60 bits per heavy atom. The Hall–Kier alpha value is -1.91. The normalized spacial score (nSPS) is 9.73. The van der Waals surface area contributed by atoms with Gasteiger partial charge in [0, 0.05) is 12.1 Å². The smallest absolute Gasteiger partial charge is 0.338 e. The van der Waals surface area contributed by atoms with Gasteiger partial charge in [0.25, 0.3) is 0 Å². The van der Waals surface area contributed by atoms with Crippen LogP contribution in [0.1, 0.15) is 23.7 Å². The van der Waals surface area contributed by atoms with E-state index in [1.807, 2.05) is 0 Å². The molecule has 1 amide bonds. The van der Waals surface area contributed by atoms with E-state index in [1.165, 1.54) is 6.07 Å². The molecular weight excluding hydrogens is 201 g/mol. The van der Waals surface area contributed by atoms with Crippen molar-refractivity contribution in [1.82, 2.24) is 0 Å². The minimum Gasteiger partial charge on any atom is -0.478 e. The zero-order chi connectivity index (χ0) is 11.4. The van der Waals surface area contributed by atoms with Crippen LogP contribution in [0.4, 0.5) is 10.1 Å². The molecule has 5 heteroatoms. The molecule has 0 saturated carbocycles. The van der Waals surface area contributed by atoms with Gasteiger partial charge in [-0.2, -0.15) is 0 Å². The van der Waals surface area contributed by atoms with E-state index in [0.717, 1.165) is 12.1 Å². The molecule has 15 heavy (non-hydrogen) atoms. The zero-order valence-corrected chi connectivity index (χ0v) is 8.08. The van der Waals surface area contributed by atoms with E-state index in [2.05, 4.69) is 5.32 Å². The Labute approximate surface area is 85.7 Å². The van der Waals surface area contributed by atoms with Crippen LogP contribution in [0.2, 0.25) is 0 Å². The number of anilines is 1. The van der Waals surface area contributed by atoms with Crippen molar-refractivity contribution < 1.29 is 19.1 Å². The van der Waals surface area contributed by atoms with Crippen LogP contribution in [-0.2, 0) is 4.79 Å². The summed E-state index contributed by atoms with van der Waals surface area (Å²) in [5, 5.41) is 11.0. The minimum atomic E-state index is -1.33. The van der Waals surface area contributed by atoms with Crippen LogP contribution in [0, 0.1) is 5.82 Å². The lowest BCUT2D eigenvalue weighted by molar-refractivity contribution is -0.115. The SMILES string of the molecule is CCC(=O)Nc1ccc(C(=O)O)c(F)c1. The number of halogens is 1. The van der Waals surface area contributed by atoms with Gasteiger partial charge < -0.3 is 10.4 Å². The maximum Gasteiger partial charge on any atom is 0.338 e. The highest BCUT2D eigenvalue weighted by molar-refractivity contribution is 5.92. The Morgan fingerprint density at radius 2 is 2.13 bits per heavy atom. The molecule has 0 heterocycles. The van der Waals surface area contributed by atoms with Gasteiger partial charge >= 0.3 is 5.97 Å². The summed E-state index contributed by atoms with van der Waals surface area (Å²) in [6.45, 7) is 1.66. The Kier molecular flexibility index (Phi) is 3.38. The predicted octanol–water partition coefficient (Wildman–Crippen LogP) is 1.87. The van der Waals surface area contributed by atoms with Gasteiger partial charge in [-0.1, -0.05) is 6.92 Å². The molecule has 0 atom stereocenters. The van der Waals surface area contributed by atoms with E-state index in [-0.39, 0.29) is 18.0 Å². The number of nitrogens with one attached hydrogen (secondary N) is 1. The molecular formula is C10H10FNO3. The van der Waals surface area contributed by atoms with Crippen LogP contribution < -0.4 is 5.32 Å². The molecule has 0 aliphatic carbocycles. The summed E-state index contributed by atoms with van der Waals surface area (Å²) in [5.74, 6) is -2.45. The zero-order valence-electron chi connectivity index (χ0n) is 8.08. The monoisotopic (exact) mass is 211 g/mol. The molecule has 0 radical (unpaired) electrons. The number of amides is 1. The van der Waals surface area contributed by atoms with Crippen molar-refractivity contribution in [3.05, 3.63) is 29.6 Å². The summed E-state index contributed by atoms with van der Waals surface area (Å²) < 4.78 is 13.1. The summed E-state index contributed by atoms with van der Waals surface area (Å²) in [6, 6.07) is 3.44. The van der Waals surface area contributed by atoms with Gasteiger partial charge in [-0.15, -0.1) is 0 Å². The molecule has 0 aliphatic heterocycles. The third kappa shape index (κ3) is 2.77. The minimum absolute atomic E-state index is 0.252. The van der Waals surface area contributed by atoms with Crippen molar-refractivity contribution in [2.45, 2.75) is 13.3 Å². The molecule has 0 unspecified atom stereocenters. The van der Waals surface area contributed by atoms with Gasteiger partial charge in [-0.05, 0) is 18.2 Å². The highest BCUT2D eigenvalue weighted by Gasteiger charge is 2.10. The number of benzene rings is 1. The molecule has 0 bridgehead atoms. The molecule has 2 N–H and O–H groups in total. The lowest BCUT2D eigenvalue weighted by Crippen LogP contribution is -2.10. The lowest BCUT2D eigenvalue weighted by Gasteiger charge is -2.04. The third-order valence-electron chi connectivity index (χ3n) is 1.80. The second kappa shape index (κ2) is 4.54. The van der Waals surface area contributed by atoms with Crippen LogP contribution >= 0.6 is 0 Å². The van der Waals surface area contributed by atoms with Gasteiger partial charge in [-0.3, -0.25) is 4.79 Å². The van der Waals surface area contributed by atoms with Crippen LogP contribution in [-0.4, -0.2) is 17.0 Å². The number of rotatable bonds is 3. The Balaban J connectivity index is 2.91. The van der Waals surface area contributed by atoms with E-state index in [1.54, 1.807) is 6.92 Å². The van der Waals surface area contributed by atoms with Crippen molar-refractivity contribution in [3.8, 4) is 0 Å². The molecule has 0 saturated heterocycles. The highest BCUT2D eigenvalue weighted by atomic mass is 19.1. The Morgan fingerprint density at radius 1 is 1.47 bits per heavy atom. The maximum absolute atomic E-state index is 13.1. The first kappa shape index (κ1) is 11.2. The summed E-state index contributed by atoms with van der Waals surface area (Å²) in [4.78, 5) is 21.4. The highest BCUT2D eigenvalue weighted by Crippen LogP contribution is 2.14. The fourth-order valence-electron chi connectivity index (χ4n) is 1.02. The molecule has 4 nitrogen and oxygen atoms in total. The van der Waals surface area contributed by atoms with E-state index in [0.29, 0.717) is 0 Å². The number of carbonyl (C=O) groups excluding carboxylic acids is 1. The van der Waals surface area contributed by atoms with E-state index in [9.17, 15) is 14.0 Å². The van der Waals surface area contributed by atoms with Crippen molar-refractivity contribution in [1.29, 1.82) is 0 Å². The quantitative estimate of drug-likeness (QED) is 0.802. The van der Waals surface area contributed by atoms with Crippen molar-refractivity contribution in [2.75, 3.05) is 5.32 Å². The van der Waals surface area contributed by atoms with E-state index < -0.39 is 17.3 Å².